The molecule has 0 bridgehead atoms. The molecule has 3 rings (SSSR count). The van der Waals surface area contributed by atoms with Crippen LogP contribution in [0.5, 0.6) is 0 Å². The molecular formula is C18H16N2O. The molecule has 104 valence electrons. The van der Waals surface area contributed by atoms with Gasteiger partial charge in [-0.05, 0) is 17.7 Å². The molecule has 0 aromatic heterocycles. The SMILES string of the molecule is O=C1CCNc2c(C#CCc3ccccc3)cccc2N1. The second-order valence-electron chi connectivity index (χ2n) is 4.92. The second kappa shape index (κ2) is 6.15. The van der Waals surface area contributed by atoms with E-state index in [1.165, 1.54) is 5.56 Å². The number of anilines is 2. The number of rotatable bonds is 1. The van der Waals surface area contributed by atoms with Gasteiger partial charge < -0.3 is 10.6 Å². The third kappa shape index (κ3) is 3.24. The Balaban J connectivity index is 1.84. The summed E-state index contributed by atoms with van der Waals surface area (Å²) >= 11 is 0. The molecule has 1 heterocycles. The van der Waals surface area contributed by atoms with Crippen molar-refractivity contribution in [2.45, 2.75) is 12.8 Å². The quantitative estimate of drug-likeness (QED) is 0.786. The summed E-state index contributed by atoms with van der Waals surface area (Å²) in [6.45, 7) is 0.635. The van der Waals surface area contributed by atoms with Crippen LogP contribution in [0.2, 0.25) is 0 Å². The van der Waals surface area contributed by atoms with Gasteiger partial charge in [0.05, 0.1) is 11.4 Å². The van der Waals surface area contributed by atoms with Crippen molar-refractivity contribution in [3.63, 3.8) is 0 Å². The van der Waals surface area contributed by atoms with E-state index in [0.717, 1.165) is 23.4 Å². The number of carbonyl (C=O) groups is 1. The number of amides is 1. The number of para-hydroxylation sites is 1. The fraction of sp³-hybridized carbons (Fsp3) is 0.167. The van der Waals surface area contributed by atoms with Crippen molar-refractivity contribution < 1.29 is 4.79 Å². The highest BCUT2D eigenvalue weighted by molar-refractivity contribution is 5.97. The molecule has 1 amide bonds. The smallest absolute Gasteiger partial charge is 0.226 e. The van der Waals surface area contributed by atoms with Crippen molar-refractivity contribution in [2.75, 3.05) is 17.2 Å². The fourth-order valence-corrected chi connectivity index (χ4v) is 2.30. The molecule has 3 nitrogen and oxygen atoms in total. The Labute approximate surface area is 124 Å². The number of fused-ring (bicyclic) bond motifs is 1. The summed E-state index contributed by atoms with van der Waals surface area (Å²) in [5.74, 6) is 6.43. The maximum Gasteiger partial charge on any atom is 0.226 e. The highest BCUT2D eigenvalue weighted by Gasteiger charge is 2.13. The molecule has 0 atom stereocenters. The maximum atomic E-state index is 11.6. The second-order valence-corrected chi connectivity index (χ2v) is 4.92. The standard InChI is InChI=1S/C18H16N2O/c21-17-12-13-19-18-15(10-5-11-16(18)20-17)9-4-8-14-6-2-1-3-7-14/h1-3,5-7,10-11,19H,8,12-13H2,(H,20,21). The molecule has 0 aliphatic carbocycles. The van der Waals surface area contributed by atoms with Crippen LogP contribution in [0, 0.1) is 11.8 Å². The molecule has 0 unspecified atom stereocenters. The van der Waals surface area contributed by atoms with Crippen LogP contribution in [0.15, 0.2) is 48.5 Å². The first-order chi connectivity index (χ1) is 10.3. The van der Waals surface area contributed by atoms with E-state index in [1.807, 2.05) is 36.4 Å². The molecule has 21 heavy (non-hydrogen) atoms. The Hall–Kier alpha value is -2.73. The molecule has 1 aliphatic rings. The average Bonchev–Trinajstić information content (AvgIpc) is 2.69. The molecular weight excluding hydrogens is 260 g/mol. The molecule has 2 N–H and O–H groups in total. The van der Waals surface area contributed by atoms with E-state index in [1.54, 1.807) is 0 Å². The fourth-order valence-electron chi connectivity index (χ4n) is 2.30. The highest BCUT2D eigenvalue weighted by atomic mass is 16.1. The molecule has 0 spiro atoms. The van der Waals surface area contributed by atoms with Crippen molar-refractivity contribution in [3.8, 4) is 11.8 Å². The van der Waals surface area contributed by atoms with Gasteiger partial charge in [-0.2, -0.15) is 0 Å². The maximum absolute atomic E-state index is 11.6. The number of hydrogen-bond acceptors (Lipinski definition) is 2. The van der Waals surface area contributed by atoms with Crippen LogP contribution in [0.1, 0.15) is 17.5 Å². The third-order valence-corrected chi connectivity index (χ3v) is 3.35. The minimum absolute atomic E-state index is 0.0376. The van der Waals surface area contributed by atoms with Crippen molar-refractivity contribution in [2.24, 2.45) is 0 Å². The van der Waals surface area contributed by atoms with Gasteiger partial charge in [-0.25, -0.2) is 0 Å². The van der Waals surface area contributed by atoms with Gasteiger partial charge in [0.2, 0.25) is 5.91 Å². The van der Waals surface area contributed by atoms with Crippen molar-refractivity contribution in [1.82, 2.24) is 0 Å². The van der Waals surface area contributed by atoms with E-state index in [9.17, 15) is 4.79 Å². The zero-order valence-electron chi connectivity index (χ0n) is 11.6. The molecule has 3 heteroatoms. The van der Waals surface area contributed by atoms with E-state index in [0.29, 0.717) is 13.0 Å². The summed E-state index contributed by atoms with van der Waals surface area (Å²) in [6.07, 6.45) is 1.20. The lowest BCUT2D eigenvalue weighted by Gasteiger charge is -2.09. The van der Waals surface area contributed by atoms with Crippen LogP contribution >= 0.6 is 0 Å². The van der Waals surface area contributed by atoms with Gasteiger partial charge in [0.25, 0.3) is 0 Å². The van der Waals surface area contributed by atoms with Gasteiger partial charge in [0.1, 0.15) is 0 Å². The zero-order valence-corrected chi connectivity index (χ0v) is 11.6. The molecule has 2 aromatic carbocycles. The van der Waals surface area contributed by atoms with Crippen LogP contribution in [0.3, 0.4) is 0 Å². The number of nitrogens with one attached hydrogen (secondary N) is 2. The summed E-state index contributed by atoms with van der Waals surface area (Å²) in [6, 6.07) is 16.0. The van der Waals surface area contributed by atoms with Crippen LogP contribution in [-0.2, 0) is 11.2 Å². The van der Waals surface area contributed by atoms with Gasteiger partial charge >= 0.3 is 0 Å². The van der Waals surface area contributed by atoms with Crippen LogP contribution in [0.25, 0.3) is 0 Å². The molecule has 1 aliphatic heterocycles. The Morgan fingerprint density at radius 1 is 1.05 bits per heavy atom. The van der Waals surface area contributed by atoms with Gasteiger partial charge in [-0.15, -0.1) is 0 Å². The predicted molar refractivity (Wildman–Crippen MR) is 85.2 cm³/mol. The van der Waals surface area contributed by atoms with E-state index in [4.69, 9.17) is 0 Å². The third-order valence-electron chi connectivity index (χ3n) is 3.35. The van der Waals surface area contributed by atoms with Gasteiger partial charge in [-0.1, -0.05) is 48.2 Å². The van der Waals surface area contributed by atoms with Crippen LogP contribution in [0.4, 0.5) is 11.4 Å². The lowest BCUT2D eigenvalue weighted by molar-refractivity contribution is -0.115. The number of carbonyl (C=O) groups excluding carboxylic acids is 1. The lowest BCUT2D eigenvalue weighted by atomic mass is 10.1. The van der Waals surface area contributed by atoms with E-state index < -0.39 is 0 Å². The molecule has 0 saturated carbocycles. The molecule has 0 saturated heterocycles. The first kappa shape index (κ1) is 13.3. The summed E-state index contributed by atoms with van der Waals surface area (Å²) in [7, 11) is 0. The monoisotopic (exact) mass is 276 g/mol. The van der Waals surface area contributed by atoms with E-state index in [-0.39, 0.29) is 5.91 Å². The van der Waals surface area contributed by atoms with Crippen LogP contribution in [-0.4, -0.2) is 12.5 Å². The van der Waals surface area contributed by atoms with Crippen molar-refractivity contribution >= 4 is 17.3 Å². The van der Waals surface area contributed by atoms with Gasteiger partial charge in [0.15, 0.2) is 0 Å². The Morgan fingerprint density at radius 2 is 1.90 bits per heavy atom. The summed E-state index contributed by atoms with van der Waals surface area (Å²) in [4.78, 5) is 11.6. The summed E-state index contributed by atoms with van der Waals surface area (Å²) in [5.41, 5.74) is 3.85. The lowest BCUT2D eigenvalue weighted by Crippen LogP contribution is -2.10. The average molecular weight is 276 g/mol. The summed E-state index contributed by atoms with van der Waals surface area (Å²) < 4.78 is 0. The van der Waals surface area contributed by atoms with E-state index >= 15 is 0 Å². The molecule has 0 radical (unpaired) electrons. The highest BCUT2D eigenvalue weighted by Crippen LogP contribution is 2.27. The topological polar surface area (TPSA) is 41.1 Å². The minimum Gasteiger partial charge on any atom is -0.382 e. The van der Waals surface area contributed by atoms with Crippen LogP contribution < -0.4 is 10.6 Å². The number of benzene rings is 2. The minimum atomic E-state index is 0.0376. The Morgan fingerprint density at radius 3 is 2.76 bits per heavy atom. The first-order valence-corrected chi connectivity index (χ1v) is 7.02. The van der Waals surface area contributed by atoms with Gasteiger partial charge in [0, 0.05) is 24.9 Å². The largest absolute Gasteiger partial charge is 0.382 e. The Kier molecular flexibility index (Phi) is 3.88. The molecule has 2 aromatic rings. The molecule has 0 fully saturated rings. The van der Waals surface area contributed by atoms with Crippen molar-refractivity contribution in [3.05, 3.63) is 59.7 Å². The zero-order chi connectivity index (χ0) is 14.5. The predicted octanol–water partition coefficient (Wildman–Crippen LogP) is 3.03. The number of hydrogen-bond donors (Lipinski definition) is 2. The summed E-state index contributed by atoms with van der Waals surface area (Å²) in [5, 5.41) is 6.19. The van der Waals surface area contributed by atoms with Crippen molar-refractivity contribution in [1.29, 1.82) is 0 Å². The van der Waals surface area contributed by atoms with Gasteiger partial charge in [-0.3, -0.25) is 4.79 Å². The van der Waals surface area contributed by atoms with E-state index in [2.05, 4.69) is 34.6 Å². The first-order valence-electron chi connectivity index (χ1n) is 7.02. The Bertz CT molecular complexity index is 711. The normalized spacial score (nSPS) is 13.0.